The first-order valence-electron chi connectivity index (χ1n) is 9.56. The molecule has 8 heteroatoms. The molecule has 8 nitrogen and oxygen atoms in total. The minimum Gasteiger partial charge on any atom is -0.444 e. The second-order valence-corrected chi connectivity index (χ2v) is 8.92. The van der Waals surface area contributed by atoms with Crippen LogP contribution in [0, 0.1) is 0 Å². The average Bonchev–Trinajstić information content (AvgIpc) is 2.52. The number of hydrogen-bond donors (Lipinski definition) is 1. The zero-order chi connectivity index (χ0) is 20.9. The molecular formula is C20H32N4O4. The number of hydrogen-bond acceptors (Lipinski definition) is 6. The molecule has 0 radical (unpaired) electrons. The number of anilines is 1. The quantitative estimate of drug-likeness (QED) is 0.848. The van der Waals surface area contributed by atoms with Gasteiger partial charge in [0.25, 0.3) is 0 Å². The van der Waals surface area contributed by atoms with Crippen LogP contribution in [0.3, 0.4) is 0 Å². The van der Waals surface area contributed by atoms with Gasteiger partial charge in [-0.2, -0.15) is 0 Å². The molecule has 1 fully saturated rings. The second-order valence-electron chi connectivity index (χ2n) is 8.92. The van der Waals surface area contributed by atoms with Crippen molar-refractivity contribution in [3.8, 4) is 0 Å². The molecule has 156 valence electrons. The molecule has 28 heavy (non-hydrogen) atoms. The van der Waals surface area contributed by atoms with Crippen molar-refractivity contribution in [2.45, 2.75) is 59.3 Å². The maximum Gasteiger partial charge on any atom is 0.413 e. The van der Waals surface area contributed by atoms with E-state index in [-0.39, 0.29) is 6.09 Å². The van der Waals surface area contributed by atoms with Gasteiger partial charge in [-0.3, -0.25) is 10.2 Å². The zero-order valence-corrected chi connectivity index (χ0v) is 17.7. The van der Waals surface area contributed by atoms with Crippen LogP contribution in [0.2, 0.25) is 0 Å². The van der Waals surface area contributed by atoms with Gasteiger partial charge in [-0.25, -0.2) is 14.6 Å². The van der Waals surface area contributed by atoms with E-state index < -0.39 is 17.3 Å². The SMILES string of the molecule is CC(C)(C)OC(=O)Nc1cc(CN2CCN(C(=O)OC(C)(C)C)CC2)ccn1. The van der Waals surface area contributed by atoms with Gasteiger partial charge in [0, 0.05) is 38.9 Å². The molecule has 2 rings (SSSR count). The van der Waals surface area contributed by atoms with Crippen molar-refractivity contribution in [2.24, 2.45) is 0 Å². The highest BCUT2D eigenvalue weighted by Gasteiger charge is 2.26. The lowest BCUT2D eigenvalue weighted by atomic mass is 10.2. The Bertz CT molecular complexity index is 686. The van der Waals surface area contributed by atoms with E-state index in [2.05, 4.69) is 15.2 Å². The summed E-state index contributed by atoms with van der Waals surface area (Å²) in [5, 5.41) is 2.66. The molecule has 0 atom stereocenters. The number of nitrogens with one attached hydrogen (secondary N) is 1. The van der Waals surface area contributed by atoms with Crippen LogP contribution in [0.5, 0.6) is 0 Å². The van der Waals surface area contributed by atoms with Crippen molar-refractivity contribution in [3.63, 3.8) is 0 Å². The number of rotatable bonds is 3. The number of piperazine rings is 1. The minimum atomic E-state index is -0.560. The predicted molar refractivity (Wildman–Crippen MR) is 107 cm³/mol. The monoisotopic (exact) mass is 392 g/mol. The maximum atomic E-state index is 12.1. The third kappa shape index (κ3) is 7.72. The molecule has 1 aliphatic rings. The Balaban J connectivity index is 1.85. The summed E-state index contributed by atoms with van der Waals surface area (Å²) in [6.07, 6.45) is 0.877. The largest absolute Gasteiger partial charge is 0.444 e. The molecule has 0 bridgehead atoms. The van der Waals surface area contributed by atoms with E-state index in [1.54, 1.807) is 11.1 Å². The Labute approximate surface area is 167 Å². The third-order valence-corrected chi connectivity index (χ3v) is 3.88. The fraction of sp³-hybridized carbons (Fsp3) is 0.650. The average molecular weight is 393 g/mol. The lowest BCUT2D eigenvalue weighted by Crippen LogP contribution is -2.49. The predicted octanol–water partition coefficient (Wildman–Crippen LogP) is 3.48. The van der Waals surface area contributed by atoms with Gasteiger partial charge in [0.15, 0.2) is 0 Å². The highest BCUT2D eigenvalue weighted by Crippen LogP contribution is 2.15. The fourth-order valence-electron chi connectivity index (χ4n) is 2.72. The first kappa shape index (κ1) is 21.9. The van der Waals surface area contributed by atoms with Crippen LogP contribution >= 0.6 is 0 Å². The smallest absolute Gasteiger partial charge is 0.413 e. The molecule has 2 heterocycles. The minimum absolute atomic E-state index is 0.264. The van der Waals surface area contributed by atoms with Crippen LogP contribution < -0.4 is 5.32 Å². The maximum absolute atomic E-state index is 12.1. The van der Waals surface area contributed by atoms with Crippen LogP contribution in [0.25, 0.3) is 0 Å². The van der Waals surface area contributed by atoms with Gasteiger partial charge in [-0.1, -0.05) is 0 Å². The Hall–Kier alpha value is -2.35. The summed E-state index contributed by atoms with van der Waals surface area (Å²) < 4.78 is 10.7. The molecule has 0 aliphatic carbocycles. The fourth-order valence-corrected chi connectivity index (χ4v) is 2.72. The van der Waals surface area contributed by atoms with Crippen molar-refractivity contribution in [2.75, 3.05) is 31.5 Å². The number of nitrogens with zero attached hydrogens (tertiary/aromatic N) is 3. The first-order chi connectivity index (χ1) is 12.9. The van der Waals surface area contributed by atoms with Crippen molar-refractivity contribution in [1.29, 1.82) is 0 Å². The number of amides is 2. The Morgan fingerprint density at radius 3 is 2.21 bits per heavy atom. The lowest BCUT2D eigenvalue weighted by molar-refractivity contribution is 0.0139. The van der Waals surface area contributed by atoms with Gasteiger partial charge >= 0.3 is 12.2 Å². The highest BCUT2D eigenvalue weighted by atomic mass is 16.6. The molecule has 0 spiro atoms. The molecule has 0 unspecified atom stereocenters. The molecule has 2 amide bonds. The molecule has 1 saturated heterocycles. The topological polar surface area (TPSA) is 84.0 Å². The third-order valence-electron chi connectivity index (χ3n) is 3.88. The Kier molecular flexibility index (Phi) is 6.87. The molecule has 0 saturated carbocycles. The van der Waals surface area contributed by atoms with Crippen LogP contribution in [0.1, 0.15) is 47.1 Å². The van der Waals surface area contributed by atoms with Crippen LogP contribution in [0.15, 0.2) is 18.3 Å². The van der Waals surface area contributed by atoms with Crippen molar-refractivity contribution >= 4 is 18.0 Å². The van der Waals surface area contributed by atoms with E-state index in [9.17, 15) is 9.59 Å². The molecule has 0 aromatic carbocycles. The second kappa shape index (κ2) is 8.77. The zero-order valence-electron chi connectivity index (χ0n) is 17.7. The summed E-state index contributed by atoms with van der Waals surface area (Å²) in [4.78, 5) is 32.2. The van der Waals surface area contributed by atoms with E-state index in [0.29, 0.717) is 25.5 Å². The number of carbonyl (C=O) groups is 2. The van der Waals surface area contributed by atoms with E-state index in [4.69, 9.17) is 9.47 Å². The van der Waals surface area contributed by atoms with Gasteiger partial charge in [-0.05, 0) is 59.2 Å². The molecule has 1 aromatic heterocycles. The van der Waals surface area contributed by atoms with Crippen molar-refractivity contribution < 1.29 is 19.1 Å². The van der Waals surface area contributed by atoms with E-state index >= 15 is 0 Å². The van der Waals surface area contributed by atoms with Crippen molar-refractivity contribution in [3.05, 3.63) is 23.9 Å². The number of ether oxygens (including phenoxy) is 2. The lowest BCUT2D eigenvalue weighted by Gasteiger charge is -2.35. The first-order valence-corrected chi connectivity index (χ1v) is 9.56. The van der Waals surface area contributed by atoms with E-state index in [1.807, 2.05) is 53.7 Å². The Morgan fingerprint density at radius 2 is 1.64 bits per heavy atom. The van der Waals surface area contributed by atoms with Gasteiger partial charge in [0.2, 0.25) is 0 Å². The van der Waals surface area contributed by atoms with Gasteiger partial charge in [0.05, 0.1) is 0 Å². The van der Waals surface area contributed by atoms with Gasteiger partial charge in [-0.15, -0.1) is 0 Å². The van der Waals surface area contributed by atoms with Crippen LogP contribution in [-0.2, 0) is 16.0 Å². The van der Waals surface area contributed by atoms with E-state index in [1.165, 1.54) is 0 Å². The number of pyridine rings is 1. The molecule has 1 aromatic rings. The number of carbonyl (C=O) groups excluding carboxylic acids is 2. The molecule has 1 N–H and O–H groups in total. The summed E-state index contributed by atoms with van der Waals surface area (Å²) in [5.41, 5.74) is -0.00930. The normalized spacial score (nSPS) is 15.9. The van der Waals surface area contributed by atoms with Gasteiger partial charge < -0.3 is 14.4 Å². The van der Waals surface area contributed by atoms with Crippen LogP contribution in [-0.4, -0.2) is 64.4 Å². The number of aromatic nitrogens is 1. The van der Waals surface area contributed by atoms with E-state index in [0.717, 1.165) is 18.7 Å². The molecule has 1 aliphatic heterocycles. The summed E-state index contributed by atoms with van der Waals surface area (Å²) in [6.45, 7) is 14.5. The van der Waals surface area contributed by atoms with Crippen molar-refractivity contribution in [1.82, 2.24) is 14.8 Å². The summed E-state index contributed by atoms with van der Waals surface area (Å²) in [7, 11) is 0. The summed E-state index contributed by atoms with van der Waals surface area (Å²) in [5.74, 6) is 0.458. The van der Waals surface area contributed by atoms with Gasteiger partial charge in [0.1, 0.15) is 17.0 Å². The molecular weight excluding hydrogens is 360 g/mol. The summed E-state index contributed by atoms with van der Waals surface area (Å²) >= 11 is 0. The standard InChI is InChI=1S/C20H32N4O4/c1-19(2,3)27-17(25)22-16-13-15(7-8-21-16)14-23-9-11-24(12-10-23)18(26)28-20(4,5)6/h7-8,13H,9-12,14H2,1-6H3,(H,21,22,25). The highest BCUT2D eigenvalue weighted by molar-refractivity contribution is 5.83. The Morgan fingerprint density at radius 1 is 1.04 bits per heavy atom. The van der Waals surface area contributed by atoms with Crippen LogP contribution in [0.4, 0.5) is 15.4 Å². The summed E-state index contributed by atoms with van der Waals surface area (Å²) in [6, 6.07) is 3.75.